The molecular weight excluding hydrogens is 192 g/mol. The number of carbonyl (C=O) groups excluding carboxylic acids is 2. The Kier molecular flexibility index (Phi) is 3.92. The molecule has 0 unspecified atom stereocenters. The number of aliphatic imine (C=N–C) groups is 1. The molecule has 4 heteroatoms. The van der Waals surface area contributed by atoms with Crippen molar-refractivity contribution in [1.29, 1.82) is 0 Å². The summed E-state index contributed by atoms with van der Waals surface area (Å²) in [7, 11) is 3.65. The third kappa shape index (κ3) is 3.46. The maximum absolute atomic E-state index is 11.6. The summed E-state index contributed by atoms with van der Waals surface area (Å²) in [5.74, 6) is 0.00273. The summed E-state index contributed by atoms with van der Waals surface area (Å²) >= 11 is 0. The Morgan fingerprint density at radius 1 is 1.47 bits per heavy atom. The zero-order valence-electron chi connectivity index (χ0n) is 8.73. The Hall–Kier alpha value is -1.77. The van der Waals surface area contributed by atoms with Crippen LogP contribution < -0.4 is 0 Å². The number of rotatable bonds is 4. The van der Waals surface area contributed by atoms with E-state index in [1.54, 1.807) is 29.2 Å². The number of benzene rings is 1. The first-order valence-electron chi connectivity index (χ1n) is 4.49. The molecule has 0 amide bonds. The predicted octanol–water partition coefficient (Wildman–Crippen LogP) is 1.40. The molecule has 0 aliphatic rings. The highest BCUT2D eigenvalue weighted by molar-refractivity contribution is 5.98. The summed E-state index contributed by atoms with van der Waals surface area (Å²) in [5.41, 5.74) is 1.01. The van der Waals surface area contributed by atoms with E-state index in [-0.39, 0.29) is 5.78 Å². The van der Waals surface area contributed by atoms with Gasteiger partial charge in [-0.25, -0.2) is 4.79 Å². The first-order chi connectivity index (χ1) is 7.13. The summed E-state index contributed by atoms with van der Waals surface area (Å²) in [4.78, 5) is 26.9. The molecule has 0 saturated heterocycles. The van der Waals surface area contributed by atoms with E-state index < -0.39 is 0 Å². The molecule has 0 N–H and O–H groups in total. The van der Waals surface area contributed by atoms with Gasteiger partial charge in [0.1, 0.15) is 0 Å². The van der Waals surface area contributed by atoms with Crippen molar-refractivity contribution in [1.82, 2.24) is 4.90 Å². The Morgan fingerprint density at radius 3 is 2.80 bits per heavy atom. The van der Waals surface area contributed by atoms with Gasteiger partial charge in [-0.3, -0.25) is 4.79 Å². The molecule has 0 fully saturated rings. The average Bonchev–Trinajstić information content (AvgIpc) is 2.17. The van der Waals surface area contributed by atoms with Gasteiger partial charge in [0, 0.05) is 5.56 Å². The molecule has 4 nitrogen and oxygen atoms in total. The molecular formula is C11H12N2O2. The third-order valence-electron chi connectivity index (χ3n) is 1.80. The SMILES string of the molecule is CN(C)CC(=O)c1cccc(N=C=O)c1. The molecule has 0 spiro atoms. The highest BCUT2D eigenvalue weighted by atomic mass is 16.1. The van der Waals surface area contributed by atoms with Crippen molar-refractivity contribution in [3.05, 3.63) is 29.8 Å². The summed E-state index contributed by atoms with van der Waals surface area (Å²) in [6, 6.07) is 6.63. The molecule has 0 aliphatic carbocycles. The topological polar surface area (TPSA) is 49.7 Å². The maximum atomic E-state index is 11.6. The number of Topliss-reactive ketones (excluding diaryl/α,β-unsaturated/α-hetero) is 1. The lowest BCUT2D eigenvalue weighted by atomic mass is 10.1. The van der Waals surface area contributed by atoms with Gasteiger partial charge in [0.05, 0.1) is 12.2 Å². The summed E-state index contributed by atoms with van der Waals surface area (Å²) in [6.45, 7) is 0.342. The minimum atomic E-state index is 0.00273. The van der Waals surface area contributed by atoms with Gasteiger partial charge in [-0.1, -0.05) is 12.1 Å². The first-order valence-corrected chi connectivity index (χ1v) is 4.49. The fourth-order valence-corrected chi connectivity index (χ4v) is 1.18. The van der Waals surface area contributed by atoms with Gasteiger partial charge in [0.15, 0.2) is 5.78 Å². The molecule has 0 heterocycles. The van der Waals surface area contributed by atoms with Crippen LogP contribution in [0.2, 0.25) is 0 Å². The van der Waals surface area contributed by atoms with Crippen molar-refractivity contribution < 1.29 is 9.59 Å². The molecule has 1 aromatic carbocycles. The van der Waals surface area contributed by atoms with Crippen molar-refractivity contribution in [2.75, 3.05) is 20.6 Å². The van der Waals surface area contributed by atoms with Crippen molar-refractivity contribution >= 4 is 17.6 Å². The van der Waals surface area contributed by atoms with Gasteiger partial charge in [-0.05, 0) is 26.2 Å². The fourth-order valence-electron chi connectivity index (χ4n) is 1.18. The molecule has 15 heavy (non-hydrogen) atoms. The van der Waals surface area contributed by atoms with Crippen LogP contribution in [0.3, 0.4) is 0 Å². The van der Waals surface area contributed by atoms with Crippen LogP contribution in [0.15, 0.2) is 29.3 Å². The third-order valence-corrected chi connectivity index (χ3v) is 1.80. The molecule has 0 bridgehead atoms. The van der Waals surface area contributed by atoms with Crippen molar-refractivity contribution in [2.24, 2.45) is 4.99 Å². The normalized spacial score (nSPS) is 9.80. The molecule has 1 aromatic rings. The summed E-state index contributed by atoms with van der Waals surface area (Å²) in [6.07, 6.45) is 1.44. The van der Waals surface area contributed by atoms with Crippen LogP contribution in [0.1, 0.15) is 10.4 Å². The Morgan fingerprint density at radius 2 is 2.20 bits per heavy atom. The number of hydrogen-bond donors (Lipinski definition) is 0. The summed E-state index contributed by atoms with van der Waals surface area (Å²) in [5, 5.41) is 0. The number of hydrogen-bond acceptors (Lipinski definition) is 4. The van der Waals surface area contributed by atoms with Gasteiger partial charge >= 0.3 is 0 Å². The maximum Gasteiger partial charge on any atom is 0.240 e. The van der Waals surface area contributed by atoms with Crippen LogP contribution in [-0.4, -0.2) is 37.4 Å². The first kappa shape index (κ1) is 11.3. The second-order valence-electron chi connectivity index (χ2n) is 3.41. The van der Waals surface area contributed by atoms with Gasteiger partial charge in [0.25, 0.3) is 0 Å². The van der Waals surface area contributed by atoms with E-state index in [9.17, 15) is 9.59 Å². The molecule has 1 rings (SSSR count). The van der Waals surface area contributed by atoms with E-state index in [1.165, 1.54) is 6.08 Å². The molecule has 0 saturated carbocycles. The fraction of sp³-hybridized carbons (Fsp3) is 0.273. The van der Waals surface area contributed by atoms with E-state index in [4.69, 9.17) is 0 Å². The van der Waals surface area contributed by atoms with E-state index >= 15 is 0 Å². The van der Waals surface area contributed by atoms with E-state index in [1.807, 2.05) is 14.1 Å². The van der Waals surface area contributed by atoms with E-state index in [2.05, 4.69) is 4.99 Å². The average molecular weight is 204 g/mol. The van der Waals surface area contributed by atoms with Gasteiger partial charge in [-0.15, -0.1) is 0 Å². The van der Waals surface area contributed by atoms with Gasteiger partial charge in [-0.2, -0.15) is 4.99 Å². The van der Waals surface area contributed by atoms with Crippen molar-refractivity contribution in [3.63, 3.8) is 0 Å². The molecule has 0 aliphatic heterocycles. The standard InChI is InChI=1S/C11H12N2O2/c1-13(2)7-11(15)9-4-3-5-10(6-9)12-8-14/h3-6H,7H2,1-2H3. The highest BCUT2D eigenvalue weighted by Gasteiger charge is 2.06. The lowest BCUT2D eigenvalue weighted by Crippen LogP contribution is -2.21. The lowest BCUT2D eigenvalue weighted by molar-refractivity contribution is 0.0958. The van der Waals surface area contributed by atoms with Crippen LogP contribution >= 0.6 is 0 Å². The lowest BCUT2D eigenvalue weighted by Gasteiger charge is -2.08. The molecule has 78 valence electrons. The highest BCUT2D eigenvalue weighted by Crippen LogP contribution is 2.13. The monoisotopic (exact) mass is 204 g/mol. The summed E-state index contributed by atoms with van der Waals surface area (Å²) < 4.78 is 0. The van der Waals surface area contributed by atoms with Gasteiger partial charge < -0.3 is 4.90 Å². The number of carbonyl (C=O) groups is 1. The minimum Gasteiger partial charge on any atom is -0.302 e. The number of isocyanates is 1. The zero-order valence-corrected chi connectivity index (χ0v) is 8.73. The number of ketones is 1. The Labute approximate surface area is 88.2 Å². The van der Waals surface area contributed by atoms with E-state index in [0.717, 1.165) is 0 Å². The van der Waals surface area contributed by atoms with Crippen molar-refractivity contribution in [2.45, 2.75) is 0 Å². The minimum absolute atomic E-state index is 0.00273. The van der Waals surface area contributed by atoms with Crippen LogP contribution in [-0.2, 0) is 4.79 Å². The largest absolute Gasteiger partial charge is 0.302 e. The second kappa shape index (κ2) is 5.20. The predicted molar refractivity (Wildman–Crippen MR) is 57.1 cm³/mol. The zero-order chi connectivity index (χ0) is 11.3. The molecule has 0 atom stereocenters. The Balaban J connectivity index is 2.90. The van der Waals surface area contributed by atoms with Crippen molar-refractivity contribution in [3.8, 4) is 0 Å². The molecule has 0 radical (unpaired) electrons. The van der Waals surface area contributed by atoms with Crippen LogP contribution in [0, 0.1) is 0 Å². The van der Waals surface area contributed by atoms with Crippen LogP contribution in [0.25, 0.3) is 0 Å². The molecule has 0 aromatic heterocycles. The van der Waals surface area contributed by atoms with Crippen LogP contribution in [0.5, 0.6) is 0 Å². The van der Waals surface area contributed by atoms with Crippen LogP contribution in [0.4, 0.5) is 5.69 Å². The van der Waals surface area contributed by atoms with E-state index in [0.29, 0.717) is 17.8 Å². The quantitative estimate of drug-likeness (QED) is 0.423. The second-order valence-corrected chi connectivity index (χ2v) is 3.41. The number of likely N-dealkylation sites (N-methyl/N-ethyl adjacent to an activating group) is 1. The smallest absolute Gasteiger partial charge is 0.240 e. The Bertz CT molecular complexity index is 407. The number of nitrogens with zero attached hydrogens (tertiary/aromatic N) is 2. The van der Waals surface area contributed by atoms with Gasteiger partial charge in [0.2, 0.25) is 6.08 Å².